The SMILES string of the molecule is CC(C)c1ccccc1NC(=O)NS/N=C/c1ncc2c(ccc3c(-c4ccc(OC(F)(F)F)cc4)n(C)nc32)n1. The number of aromatic nitrogens is 4. The van der Waals surface area contributed by atoms with Crippen molar-refractivity contribution < 1.29 is 22.7 Å². The molecule has 2 amide bonds. The molecule has 0 saturated carbocycles. The molecule has 2 aromatic heterocycles. The molecule has 41 heavy (non-hydrogen) atoms. The van der Waals surface area contributed by atoms with E-state index in [1.54, 1.807) is 30.1 Å². The Kier molecular flexibility index (Phi) is 7.79. The lowest BCUT2D eigenvalue weighted by Crippen LogP contribution is -2.23. The van der Waals surface area contributed by atoms with Crippen LogP contribution in [-0.2, 0) is 7.05 Å². The van der Waals surface area contributed by atoms with Gasteiger partial charge in [-0.25, -0.2) is 14.8 Å². The molecule has 0 spiro atoms. The summed E-state index contributed by atoms with van der Waals surface area (Å²) in [5.41, 5.74) is 4.45. The van der Waals surface area contributed by atoms with Crippen molar-refractivity contribution in [2.45, 2.75) is 26.1 Å². The molecule has 0 radical (unpaired) electrons. The van der Waals surface area contributed by atoms with Crippen molar-refractivity contribution in [3.63, 3.8) is 0 Å². The molecule has 0 atom stereocenters. The van der Waals surface area contributed by atoms with Gasteiger partial charge in [-0.1, -0.05) is 32.0 Å². The molecule has 0 saturated heterocycles. The van der Waals surface area contributed by atoms with Gasteiger partial charge in [-0.05, 0) is 53.9 Å². The number of para-hydroxylation sites is 1. The van der Waals surface area contributed by atoms with Crippen LogP contribution in [0.25, 0.3) is 33.1 Å². The van der Waals surface area contributed by atoms with Gasteiger partial charge in [0.25, 0.3) is 0 Å². The molecular formula is C28H24F3N7O2S. The molecule has 3 aromatic carbocycles. The average Bonchev–Trinajstić information content (AvgIpc) is 3.27. The fourth-order valence-electron chi connectivity index (χ4n) is 4.40. The summed E-state index contributed by atoms with van der Waals surface area (Å²) in [5, 5.41) is 8.93. The monoisotopic (exact) mass is 579 g/mol. The molecule has 0 fully saturated rings. The highest BCUT2D eigenvalue weighted by molar-refractivity contribution is 7.96. The third kappa shape index (κ3) is 6.40. The summed E-state index contributed by atoms with van der Waals surface area (Å²) in [6.45, 7) is 4.11. The number of anilines is 1. The van der Waals surface area contributed by atoms with Crippen LogP contribution in [0.4, 0.5) is 23.7 Å². The Morgan fingerprint density at radius 2 is 1.83 bits per heavy atom. The first kappa shape index (κ1) is 27.9. The van der Waals surface area contributed by atoms with Crippen LogP contribution in [0.2, 0.25) is 0 Å². The third-order valence-electron chi connectivity index (χ3n) is 6.14. The second kappa shape index (κ2) is 11.5. The topological polar surface area (TPSA) is 106 Å². The van der Waals surface area contributed by atoms with Crippen LogP contribution >= 0.6 is 12.1 Å². The number of amides is 2. The van der Waals surface area contributed by atoms with Crippen molar-refractivity contribution in [2.75, 3.05) is 5.32 Å². The van der Waals surface area contributed by atoms with Gasteiger partial charge in [-0.15, -0.1) is 13.2 Å². The number of rotatable bonds is 7. The normalized spacial score (nSPS) is 12.0. The fourth-order valence-corrected chi connectivity index (χ4v) is 4.73. The maximum Gasteiger partial charge on any atom is 0.573 e. The van der Waals surface area contributed by atoms with Crippen molar-refractivity contribution >= 4 is 51.9 Å². The van der Waals surface area contributed by atoms with E-state index in [2.05, 4.69) is 48.1 Å². The van der Waals surface area contributed by atoms with Crippen molar-refractivity contribution in [3.8, 4) is 17.0 Å². The van der Waals surface area contributed by atoms with E-state index in [0.29, 0.717) is 27.8 Å². The summed E-state index contributed by atoms with van der Waals surface area (Å²) in [5.74, 6) is 0.300. The van der Waals surface area contributed by atoms with Gasteiger partial charge in [-0.2, -0.15) is 9.50 Å². The molecule has 0 aliphatic rings. The molecule has 0 unspecified atom stereocenters. The standard InChI is InChI=1S/C28H24F3N7O2S/c1-16(2)19-6-4-5-7-22(19)35-27(39)37-41-33-15-24-32-14-21-23(34-24)13-12-20-25(21)36-38(3)26(20)17-8-10-18(11-9-17)40-28(29,30)31/h4-16H,1-3H3,(H2,35,37,39)/b33-15+. The minimum absolute atomic E-state index is 0.259. The number of hydrogen-bond acceptors (Lipinski definition) is 7. The van der Waals surface area contributed by atoms with Crippen LogP contribution in [0.15, 0.2) is 71.3 Å². The Hall–Kier alpha value is -4.65. The van der Waals surface area contributed by atoms with Gasteiger partial charge in [-0.3, -0.25) is 9.40 Å². The fraction of sp³-hybridized carbons (Fsp3) is 0.179. The smallest absolute Gasteiger partial charge is 0.406 e. The molecule has 5 rings (SSSR count). The minimum Gasteiger partial charge on any atom is -0.406 e. The van der Waals surface area contributed by atoms with Gasteiger partial charge in [0.15, 0.2) is 5.82 Å². The molecule has 2 heterocycles. The first-order valence-electron chi connectivity index (χ1n) is 12.4. The number of carbonyl (C=O) groups excluding carboxylic acids is 1. The number of alkyl halides is 3. The van der Waals surface area contributed by atoms with E-state index >= 15 is 0 Å². The van der Waals surface area contributed by atoms with Crippen molar-refractivity contribution in [1.29, 1.82) is 0 Å². The predicted molar refractivity (Wildman–Crippen MR) is 154 cm³/mol. The predicted octanol–water partition coefficient (Wildman–Crippen LogP) is 7.01. The number of benzene rings is 3. The van der Waals surface area contributed by atoms with Gasteiger partial charge in [0.05, 0.1) is 29.6 Å². The van der Waals surface area contributed by atoms with Crippen LogP contribution < -0.4 is 14.8 Å². The molecule has 210 valence electrons. The lowest BCUT2D eigenvalue weighted by Gasteiger charge is -2.13. The highest BCUT2D eigenvalue weighted by Crippen LogP contribution is 2.33. The van der Waals surface area contributed by atoms with Crippen LogP contribution in [0.3, 0.4) is 0 Å². The number of carbonyl (C=O) groups is 1. The van der Waals surface area contributed by atoms with E-state index in [1.165, 1.54) is 18.3 Å². The zero-order valence-electron chi connectivity index (χ0n) is 22.1. The largest absolute Gasteiger partial charge is 0.573 e. The van der Waals surface area contributed by atoms with Gasteiger partial charge in [0.2, 0.25) is 0 Å². The molecule has 0 bridgehead atoms. The summed E-state index contributed by atoms with van der Waals surface area (Å²) in [4.78, 5) is 21.2. The maximum atomic E-state index is 12.5. The quantitative estimate of drug-likeness (QED) is 0.159. The number of fused-ring (bicyclic) bond motifs is 3. The Bertz CT molecular complexity index is 1750. The first-order valence-corrected chi connectivity index (χ1v) is 13.2. The Morgan fingerprint density at radius 1 is 1.07 bits per heavy atom. The van der Waals surface area contributed by atoms with E-state index in [-0.39, 0.29) is 11.7 Å². The summed E-state index contributed by atoms with van der Waals surface area (Å²) in [7, 11) is 1.75. The van der Waals surface area contributed by atoms with E-state index in [0.717, 1.165) is 34.5 Å². The third-order valence-corrected chi connectivity index (χ3v) is 6.62. The number of halogens is 3. The average molecular weight is 580 g/mol. The highest BCUT2D eigenvalue weighted by Gasteiger charge is 2.31. The minimum atomic E-state index is -4.76. The summed E-state index contributed by atoms with van der Waals surface area (Å²) in [6.07, 6.45) is -1.69. The number of aryl methyl sites for hydroxylation is 1. The molecule has 2 N–H and O–H groups in total. The second-order valence-corrected chi connectivity index (χ2v) is 9.89. The number of nitrogens with zero attached hydrogens (tertiary/aromatic N) is 5. The lowest BCUT2D eigenvalue weighted by atomic mass is 10.0. The van der Waals surface area contributed by atoms with Crippen LogP contribution in [0, 0.1) is 0 Å². The molecule has 13 heteroatoms. The number of hydrogen-bond donors (Lipinski definition) is 2. The van der Waals surface area contributed by atoms with Crippen LogP contribution in [0.1, 0.15) is 31.2 Å². The first-order chi connectivity index (χ1) is 19.6. The van der Waals surface area contributed by atoms with Crippen LogP contribution in [-0.4, -0.2) is 38.4 Å². The summed E-state index contributed by atoms with van der Waals surface area (Å²) >= 11 is 0.845. The molecule has 0 aliphatic carbocycles. The van der Waals surface area contributed by atoms with Crippen LogP contribution in [0.5, 0.6) is 5.75 Å². The Labute approximate surface area is 237 Å². The van der Waals surface area contributed by atoms with E-state index in [1.807, 2.05) is 36.4 Å². The molecular weight excluding hydrogens is 555 g/mol. The number of nitrogens with one attached hydrogen (secondary N) is 2. The van der Waals surface area contributed by atoms with E-state index < -0.39 is 12.4 Å². The second-order valence-electron chi connectivity index (χ2n) is 9.29. The van der Waals surface area contributed by atoms with Crippen molar-refractivity contribution in [3.05, 3.63) is 78.2 Å². The molecule has 5 aromatic rings. The number of ether oxygens (including phenoxy) is 1. The van der Waals surface area contributed by atoms with Gasteiger partial charge >= 0.3 is 12.4 Å². The van der Waals surface area contributed by atoms with Gasteiger partial charge in [0.1, 0.15) is 11.3 Å². The van der Waals surface area contributed by atoms with Gasteiger partial charge < -0.3 is 10.1 Å². The van der Waals surface area contributed by atoms with Crippen molar-refractivity contribution in [2.24, 2.45) is 11.4 Å². The molecule has 0 aliphatic heterocycles. The number of urea groups is 1. The summed E-state index contributed by atoms with van der Waals surface area (Å²) in [6, 6.07) is 16.5. The highest BCUT2D eigenvalue weighted by atomic mass is 32.2. The van der Waals surface area contributed by atoms with E-state index in [4.69, 9.17) is 0 Å². The Morgan fingerprint density at radius 3 is 2.56 bits per heavy atom. The zero-order chi connectivity index (χ0) is 29.1. The Balaban J connectivity index is 1.29. The zero-order valence-corrected chi connectivity index (χ0v) is 22.9. The van der Waals surface area contributed by atoms with E-state index in [9.17, 15) is 18.0 Å². The molecule has 9 nitrogen and oxygen atoms in total. The maximum absolute atomic E-state index is 12.5. The van der Waals surface area contributed by atoms with Gasteiger partial charge in [0, 0.05) is 35.3 Å². The summed E-state index contributed by atoms with van der Waals surface area (Å²) < 4.78 is 49.9. The lowest BCUT2D eigenvalue weighted by molar-refractivity contribution is -0.274. The van der Waals surface area contributed by atoms with Crippen molar-refractivity contribution in [1.82, 2.24) is 24.5 Å².